The molecule has 0 aromatic rings. The van der Waals surface area contributed by atoms with Crippen LogP contribution < -0.4 is 5.32 Å². The van der Waals surface area contributed by atoms with Gasteiger partial charge < -0.3 is 5.32 Å². The van der Waals surface area contributed by atoms with Gasteiger partial charge in [-0.1, -0.05) is 32.6 Å². The number of rotatable bonds is 2. The molecule has 0 radical (unpaired) electrons. The maximum absolute atomic E-state index is 13.7. The Morgan fingerprint density at radius 2 is 1.68 bits per heavy atom. The van der Waals surface area contributed by atoms with E-state index in [1.165, 1.54) is 45.1 Å². The van der Waals surface area contributed by atoms with Gasteiger partial charge >= 0.3 is 0 Å². The molecule has 0 aromatic carbocycles. The molecule has 1 saturated heterocycles. The SMILES string of the molecule is CC1CC(C2NCCCC2C2CCCC2)CCC1F. The van der Waals surface area contributed by atoms with Crippen LogP contribution in [0.2, 0.25) is 0 Å². The van der Waals surface area contributed by atoms with Crippen molar-refractivity contribution in [3.05, 3.63) is 0 Å². The molecule has 0 aromatic heterocycles. The van der Waals surface area contributed by atoms with Crippen molar-refractivity contribution in [1.29, 1.82) is 0 Å². The number of hydrogen-bond donors (Lipinski definition) is 1. The summed E-state index contributed by atoms with van der Waals surface area (Å²) in [5.41, 5.74) is 0. The monoisotopic (exact) mass is 267 g/mol. The first-order chi connectivity index (χ1) is 9.25. The molecule has 0 spiro atoms. The largest absolute Gasteiger partial charge is 0.313 e. The van der Waals surface area contributed by atoms with Gasteiger partial charge in [-0.15, -0.1) is 0 Å². The zero-order chi connectivity index (χ0) is 13.2. The van der Waals surface area contributed by atoms with E-state index in [4.69, 9.17) is 0 Å². The molecule has 5 atom stereocenters. The second-order valence-corrected chi connectivity index (χ2v) is 7.40. The molecule has 3 rings (SSSR count). The van der Waals surface area contributed by atoms with Crippen molar-refractivity contribution >= 4 is 0 Å². The molecule has 3 aliphatic rings. The molecule has 1 nitrogen and oxygen atoms in total. The van der Waals surface area contributed by atoms with E-state index in [0.29, 0.717) is 6.04 Å². The van der Waals surface area contributed by atoms with E-state index >= 15 is 0 Å². The first-order valence-electron chi connectivity index (χ1n) is 8.63. The molecule has 110 valence electrons. The lowest BCUT2D eigenvalue weighted by molar-refractivity contribution is 0.0742. The Kier molecular flexibility index (Phi) is 4.46. The van der Waals surface area contributed by atoms with Crippen molar-refractivity contribution in [1.82, 2.24) is 5.32 Å². The fourth-order valence-electron chi connectivity index (χ4n) is 5.10. The van der Waals surface area contributed by atoms with Crippen molar-refractivity contribution in [2.75, 3.05) is 6.54 Å². The van der Waals surface area contributed by atoms with Crippen molar-refractivity contribution in [2.45, 2.75) is 76.9 Å². The van der Waals surface area contributed by atoms with Gasteiger partial charge in [0.15, 0.2) is 0 Å². The van der Waals surface area contributed by atoms with Crippen LogP contribution in [0.4, 0.5) is 4.39 Å². The van der Waals surface area contributed by atoms with E-state index < -0.39 is 6.17 Å². The first kappa shape index (κ1) is 13.9. The van der Waals surface area contributed by atoms with Crippen molar-refractivity contribution in [3.63, 3.8) is 0 Å². The molecule has 5 unspecified atom stereocenters. The van der Waals surface area contributed by atoms with Gasteiger partial charge in [0.05, 0.1) is 0 Å². The van der Waals surface area contributed by atoms with Gasteiger partial charge in [-0.2, -0.15) is 0 Å². The summed E-state index contributed by atoms with van der Waals surface area (Å²) in [7, 11) is 0. The molecule has 2 aliphatic carbocycles. The lowest BCUT2D eigenvalue weighted by Crippen LogP contribution is -2.50. The second-order valence-electron chi connectivity index (χ2n) is 7.40. The zero-order valence-electron chi connectivity index (χ0n) is 12.4. The van der Waals surface area contributed by atoms with E-state index in [1.54, 1.807) is 0 Å². The molecule has 1 aliphatic heterocycles. The summed E-state index contributed by atoms with van der Waals surface area (Å²) in [4.78, 5) is 0. The highest BCUT2D eigenvalue weighted by molar-refractivity contribution is 4.94. The average molecular weight is 267 g/mol. The molecule has 19 heavy (non-hydrogen) atoms. The van der Waals surface area contributed by atoms with E-state index in [1.807, 2.05) is 0 Å². The number of halogens is 1. The number of alkyl halides is 1. The molecular weight excluding hydrogens is 237 g/mol. The maximum atomic E-state index is 13.7. The van der Waals surface area contributed by atoms with Crippen LogP contribution in [-0.4, -0.2) is 18.8 Å². The third kappa shape index (κ3) is 2.99. The zero-order valence-corrected chi connectivity index (χ0v) is 12.4. The van der Waals surface area contributed by atoms with Crippen molar-refractivity contribution in [3.8, 4) is 0 Å². The molecule has 3 fully saturated rings. The number of hydrogen-bond acceptors (Lipinski definition) is 1. The lowest BCUT2D eigenvalue weighted by atomic mass is 9.68. The van der Waals surface area contributed by atoms with Crippen LogP contribution in [0, 0.1) is 23.7 Å². The summed E-state index contributed by atoms with van der Waals surface area (Å²) >= 11 is 0. The van der Waals surface area contributed by atoms with E-state index in [9.17, 15) is 4.39 Å². The molecular formula is C17H30FN. The van der Waals surface area contributed by atoms with Gasteiger partial charge in [0.25, 0.3) is 0 Å². The molecule has 1 N–H and O–H groups in total. The van der Waals surface area contributed by atoms with Crippen LogP contribution in [0.1, 0.15) is 64.7 Å². The highest BCUT2D eigenvalue weighted by Gasteiger charge is 2.40. The minimum absolute atomic E-state index is 0.284. The Morgan fingerprint density at radius 1 is 0.895 bits per heavy atom. The first-order valence-corrected chi connectivity index (χ1v) is 8.63. The van der Waals surface area contributed by atoms with Crippen LogP contribution in [0.15, 0.2) is 0 Å². The summed E-state index contributed by atoms with van der Waals surface area (Å²) in [6.07, 6.45) is 11.1. The Morgan fingerprint density at radius 3 is 2.42 bits per heavy atom. The van der Waals surface area contributed by atoms with E-state index in [-0.39, 0.29) is 5.92 Å². The Bertz CT molecular complexity index is 287. The molecule has 1 heterocycles. The van der Waals surface area contributed by atoms with Crippen LogP contribution in [-0.2, 0) is 0 Å². The van der Waals surface area contributed by atoms with Crippen LogP contribution in [0.25, 0.3) is 0 Å². The summed E-state index contributed by atoms with van der Waals surface area (Å²) in [6, 6.07) is 0.701. The predicted octanol–water partition coefficient (Wildman–Crippen LogP) is 4.32. The van der Waals surface area contributed by atoms with Gasteiger partial charge in [0.1, 0.15) is 6.17 Å². The number of nitrogens with one attached hydrogen (secondary N) is 1. The molecule has 0 bridgehead atoms. The molecule has 2 saturated carbocycles. The quantitative estimate of drug-likeness (QED) is 0.785. The van der Waals surface area contributed by atoms with E-state index in [2.05, 4.69) is 12.2 Å². The van der Waals surface area contributed by atoms with E-state index in [0.717, 1.165) is 37.0 Å². The fraction of sp³-hybridized carbons (Fsp3) is 1.00. The van der Waals surface area contributed by atoms with Crippen molar-refractivity contribution in [2.24, 2.45) is 23.7 Å². The predicted molar refractivity (Wildman–Crippen MR) is 77.9 cm³/mol. The Labute approximate surface area is 117 Å². The third-order valence-electron chi connectivity index (χ3n) is 6.17. The minimum Gasteiger partial charge on any atom is -0.313 e. The van der Waals surface area contributed by atoms with Gasteiger partial charge in [-0.3, -0.25) is 0 Å². The van der Waals surface area contributed by atoms with Gasteiger partial charge in [0, 0.05) is 6.04 Å². The highest BCUT2D eigenvalue weighted by atomic mass is 19.1. The summed E-state index contributed by atoms with van der Waals surface area (Å²) < 4.78 is 13.7. The van der Waals surface area contributed by atoms with Gasteiger partial charge in [0.2, 0.25) is 0 Å². The van der Waals surface area contributed by atoms with Gasteiger partial charge in [-0.25, -0.2) is 4.39 Å². The normalized spacial score (nSPS) is 45.5. The smallest absolute Gasteiger partial charge is 0.103 e. The lowest BCUT2D eigenvalue weighted by Gasteiger charge is -2.44. The average Bonchev–Trinajstić information content (AvgIpc) is 2.96. The standard InChI is InChI=1S/C17H30FN/c1-12-11-14(8-9-16(12)18)17-15(7-4-10-19-17)13-5-2-3-6-13/h12-17,19H,2-11H2,1H3. The fourth-order valence-corrected chi connectivity index (χ4v) is 5.10. The number of piperidine rings is 1. The highest BCUT2D eigenvalue weighted by Crippen LogP contribution is 2.43. The third-order valence-corrected chi connectivity index (χ3v) is 6.17. The summed E-state index contributed by atoms with van der Waals surface area (Å²) in [5.74, 6) is 2.89. The minimum atomic E-state index is -0.537. The second kappa shape index (κ2) is 6.11. The molecule has 0 amide bonds. The molecule has 2 heteroatoms. The summed E-state index contributed by atoms with van der Waals surface area (Å²) in [5, 5.41) is 3.83. The van der Waals surface area contributed by atoms with Crippen LogP contribution in [0.5, 0.6) is 0 Å². The van der Waals surface area contributed by atoms with Crippen molar-refractivity contribution < 1.29 is 4.39 Å². The summed E-state index contributed by atoms with van der Waals surface area (Å²) in [6.45, 7) is 3.31. The van der Waals surface area contributed by atoms with Gasteiger partial charge in [-0.05, 0) is 62.3 Å². The van der Waals surface area contributed by atoms with Crippen LogP contribution >= 0.6 is 0 Å². The Balaban J connectivity index is 1.66. The Hall–Kier alpha value is -0.110. The maximum Gasteiger partial charge on any atom is 0.103 e. The van der Waals surface area contributed by atoms with Crippen LogP contribution in [0.3, 0.4) is 0 Å². The topological polar surface area (TPSA) is 12.0 Å².